The van der Waals surface area contributed by atoms with E-state index in [9.17, 15) is 10.1 Å². The molecule has 1 aromatic carbocycles. The number of rotatable bonds is 5. The van der Waals surface area contributed by atoms with Crippen LogP contribution in [0.4, 0.5) is 5.00 Å². The molecule has 30 heavy (non-hydrogen) atoms. The fourth-order valence-electron chi connectivity index (χ4n) is 3.68. The molecule has 6 nitrogen and oxygen atoms in total. The first-order valence-electron chi connectivity index (χ1n) is 9.92. The third-order valence-electron chi connectivity index (χ3n) is 5.30. The molecule has 0 spiro atoms. The van der Waals surface area contributed by atoms with Gasteiger partial charge < -0.3 is 5.32 Å². The number of hydrogen-bond donors (Lipinski definition) is 1. The first-order chi connectivity index (χ1) is 14.5. The zero-order valence-corrected chi connectivity index (χ0v) is 18.9. The summed E-state index contributed by atoms with van der Waals surface area (Å²) in [6.45, 7) is 6.17. The average molecular weight is 438 g/mol. The molecule has 154 valence electrons. The van der Waals surface area contributed by atoms with Gasteiger partial charge in [0.1, 0.15) is 16.9 Å². The minimum absolute atomic E-state index is 0.140. The summed E-state index contributed by atoms with van der Waals surface area (Å²) in [6.07, 6.45) is 2.99. The molecular weight excluding hydrogens is 414 g/mol. The van der Waals surface area contributed by atoms with Gasteiger partial charge in [0.05, 0.1) is 11.3 Å². The standard InChI is InChI=1S/C22H23N5OS2/c1-13-4-7-16(8-5-13)27-15(3)25-26-22(27)29-12-20(28)24-21-18(11-23)17-9-6-14(2)10-19(17)30-21/h4-5,7-8,14H,6,9-10,12H2,1-3H3,(H,24,28). The SMILES string of the molecule is Cc1ccc(-n2c(C)nnc2SCC(=O)Nc2sc3c(c2C#N)CCC(C)C3)cc1. The number of hydrogen-bond acceptors (Lipinski definition) is 6. The molecule has 2 aromatic heterocycles. The summed E-state index contributed by atoms with van der Waals surface area (Å²) in [5.41, 5.74) is 3.91. The van der Waals surface area contributed by atoms with E-state index in [-0.39, 0.29) is 11.7 Å². The van der Waals surface area contributed by atoms with Gasteiger partial charge in [-0.1, -0.05) is 36.4 Å². The van der Waals surface area contributed by atoms with Crippen LogP contribution in [0.5, 0.6) is 0 Å². The number of amides is 1. The molecule has 0 saturated heterocycles. The lowest BCUT2D eigenvalue weighted by molar-refractivity contribution is -0.113. The van der Waals surface area contributed by atoms with Gasteiger partial charge in [-0.3, -0.25) is 9.36 Å². The lowest BCUT2D eigenvalue weighted by Gasteiger charge is -2.17. The van der Waals surface area contributed by atoms with Gasteiger partial charge in [0, 0.05) is 10.6 Å². The highest BCUT2D eigenvalue weighted by atomic mass is 32.2. The lowest BCUT2D eigenvalue weighted by Crippen LogP contribution is -2.14. The summed E-state index contributed by atoms with van der Waals surface area (Å²) in [5.74, 6) is 1.46. The second kappa shape index (κ2) is 8.62. The van der Waals surface area contributed by atoms with E-state index in [1.54, 1.807) is 11.3 Å². The van der Waals surface area contributed by atoms with Crippen LogP contribution >= 0.6 is 23.1 Å². The molecule has 1 atom stereocenters. The van der Waals surface area contributed by atoms with Crippen LogP contribution in [-0.4, -0.2) is 26.4 Å². The quantitative estimate of drug-likeness (QED) is 0.586. The van der Waals surface area contributed by atoms with Gasteiger partial charge in [0.2, 0.25) is 5.91 Å². The highest BCUT2D eigenvalue weighted by Gasteiger charge is 2.25. The molecule has 0 saturated carbocycles. The zero-order chi connectivity index (χ0) is 21.3. The number of aryl methyl sites for hydroxylation is 2. The van der Waals surface area contributed by atoms with E-state index < -0.39 is 0 Å². The summed E-state index contributed by atoms with van der Waals surface area (Å²) in [7, 11) is 0. The maximum atomic E-state index is 12.6. The van der Waals surface area contributed by atoms with Gasteiger partial charge in [-0.2, -0.15) is 5.26 Å². The number of aromatic nitrogens is 3. The number of carbonyl (C=O) groups is 1. The molecule has 0 aliphatic heterocycles. The van der Waals surface area contributed by atoms with Crippen molar-refractivity contribution in [3.8, 4) is 11.8 Å². The van der Waals surface area contributed by atoms with Gasteiger partial charge in [-0.05, 0) is 56.7 Å². The first kappa shape index (κ1) is 20.6. The predicted octanol–water partition coefficient (Wildman–Crippen LogP) is 4.67. The maximum absolute atomic E-state index is 12.6. The van der Waals surface area contributed by atoms with E-state index in [1.807, 2.05) is 42.7 Å². The van der Waals surface area contributed by atoms with Gasteiger partial charge in [0.25, 0.3) is 0 Å². The Hall–Kier alpha value is -2.63. The number of nitrogens with one attached hydrogen (secondary N) is 1. The minimum atomic E-state index is -0.140. The number of thiophene rings is 1. The second-order valence-corrected chi connectivity index (χ2v) is 9.75. The number of benzene rings is 1. The topological polar surface area (TPSA) is 83.6 Å². The average Bonchev–Trinajstić information content (AvgIpc) is 3.26. The van der Waals surface area contributed by atoms with Crippen molar-refractivity contribution in [2.45, 2.75) is 45.2 Å². The Labute approximate surface area is 184 Å². The molecule has 2 heterocycles. The monoisotopic (exact) mass is 437 g/mol. The highest BCUT2D eigenvalue weighted by Crippen LogP contribution is 2.39. The van der Waals surface area contributed by atoms with Crippen molar-refractivity contribution in [3.05, 3.63) is 51.7 Å². The Kier molecular flexibility index (Phi) is 5.93. The smallest absolute Gasteiger partial charge is 0.235 e. The summed E-state index contributed by atoms with van der Waals surface area (Å²) in [6, 6.07) is 10.4. The van der Waals surface area contributed by atoms with Crippen molar-refractivity contribution in [1.82, 2.24) is 14.8 Å². The van der Waals surface area contributed by atoms with Crippen LogP contribution in [0.1, 0.15) is 40.7 Å². The van der Waals surface area contributed by atoms with E-state index in [0.29, 0.717) is 21.6 Å². The van der Waals surface area contributed by atoms with Crippen molar-refractivity contribution < 1.29 is 4.79 Å². The molecule has 0 radical (unpaired) electrons. The Morgan fingerprint density at radius 3 is 2.83 bits per heavy atom. The molecule has 0 bridgehead atoms. The summed E-state index contributed by atoms with van der Waals surface area (Å²) >= 11 is 2.89. The van der Waals surface area contributed by atoms with Gasteiger partial charge in [-0.15, -0.1) is 21.5 Å². The predicted molar refractivity (Wildman–Crippen MR) is 120 cm³/mol. The molecular formula is C22H23N5OS2. The van der Waals surface area contributed by atoms with E-state index >= 15 is 0 Å². The Morgan fingerprint density at radius 2 is 2.10 bits per heavy atom. The normalized spacial score (nSPS) is 15.5. The fourth-order valence-corrected chi connectivity index (χ4v) is 5.85. The number of fused-ring (bicyclic) bond motifs is 1. The minimum Gasteiger partial charge on any atom is -0.316 e. The van der Waals surface area contributed by atoms with Crippen LogP contribution in [0, 0.1) is 31.1 Å². The zero-order valence-electron chi connectivity index (χ0n) is 17.2. The van der Waals surface area contributed by atoms with Gasteiger partial charge in [0.15, 0.2) is 5.16 Å². The van der Waals surface area contributed by atoms with Crippen molar-refractivity contribution in [1.29, 1.82) is 5.26 Å². The summed E-state index contributed by atoms with van der Waals surface area (Å²) in [5, 5.41) is 22.3. The number of carbonyl (C=O) groups excluding carboxylic acids is 1. The third kappa shape index (κ3) is 4.13. The molecule has 4 rings (SSSR count). The maximum Gasteiger partial charge on any atom is 0.235 e. The Morgan fingerprint density at radius 1 is 1.33 bits per heavy atom. The van der Waals surface area contributed by atoms with Crippen molar-refractivity contribution in [2.75, 3.05) is 11.1 Å². The van der Waals surface area contributed by atoms with Crippen molar-refractivity contribution in [3.63, 3.8) is 0 Å². The van der Waals surface area contributed by atoms with E-state index in [0.717, 1.165) is 36.3 Å². The Balaban J connectivity index is 1.47. The molecule has 0 fully saturated rings. The summed E-state index contributed by atoms with van der Waals surface area (Å²) < 4.78 is 1.95. The fraction of sp³-hybridized carbons (Fsp3) is 0.364. The molecule has 8 heteroatoms. The van der Waals surface area contributed by atoms with Crippen LogP contribution in [-0.2, 0) is 17.6 Å². The highest BCUT2D eigenvalue weighted by molar-refractivity contribution is 7.99. The summed E-state index contributed by atoms with van der Waals surface area (Å²) in [4.78, 5) is 13.9. The number of nitriles is 1. The first-order valence-corrected chi connectivity index (χ1v) is 11.7. The van der Waals surface area contributed by atoms with Crippen LogP contribution in [0.2, 0.25) is 0 Å². The molecule has 3 aromatic rings. The van der Waals surface area contributed by atoms with Crippen LogP contribution < -0.4 is 5.32 Å². The van der Waals surface area contributed by atoms with E-state index in [1.165, 1.54) is 22.2 Å². The lowest BCUT2D eigenvalue weighted by atomic mass is 9.89. The molecule has 1 N–H and O–H groups in total. The van der Waals surface area contributed by atoms with E-state index in [2.05, 4.69) is 28.5 Å². The molecule has 1 amide bonds. The van der Waals surface area contributed by atoms with Crippen LogP contribution in [0.3, 0.4) is 0 Å². The van der Waals surface area contributed by atoms with Gasteiger partial charge in [-0.25, -0.2) is 0 Å². The number of anilines is 1. The number of thioether (sulfide) groups is 1. The largest absolute Gasteiger partial charge is 0.316 e. The van der Waals surface area contributed by atoms with Gasteiger partial charge >= 0.3 is 0 Å². The van der Waals surface area contributed by atoms with Crippen molar-refractivity contribution in [2.24, 2.45) is 5.92 Å². The second-order valence-electron chi connectivity index (χ2n) is 7.71. The molecule has 1 unspecified atom stereocenters. The molecule has 1 aliphatic rings. The molecule has 1 aliphatic carbocycles. The van der Waals surface area contributed by atoms with E-state index in [4.69, 9.17) is 0 Å². The van der Waals surface area contributed by atoms with Crippen molar-refractivity contribution >= 4 is 34.0 Å². The third-order valence-corrected chi connectivity index (χ3v) is 7.39. The van der Waals surface area contributed by atoms with Crippen LogP contribution in [0.15, 0.2) is 29.4 Å². The Bertz CT molecular complexity index is 1120. The van der Waals surface area contributed by atoms with Crippen LogP contribution in [0.25, 0.3) is 5.69 Å². The number of nitrogens with zero attached hydrogens (tertiary/aromatic N) is 4.